The van der Waals surface area contributed by atoms with Gasteiger partial charge in [0.25, 0.3) is 0 Å². The quantitative estimate of drug-likeness (QED) is 0.832. The summed E-state index contributed by atoms with van der Waals surface area (Å²) in [4.78, 5) is 1.08. The summed E-state index contributed by atoms with van der Waals surface area (Å²) in [6.07, 6.45) is -4.31. The van der Waals surface area contributed by atoms with Crippen LogP contribution in [-0.2, 0) is 6.54 Å². The highest BCUT2D eigenvalue weighted by molar-refractivity contribution is 5.33. The Bertz CT molecular complexity index is 378. The van der Waals surface area contributed by atoms with Gasteiger partial charge in [0.05, 0.1) is 6.54 Å². The molecule has 0 atom stereocenters. The van der Waals surface area contributed by atoms with Crippen molar-refractivity contribution in [3.63, 3.8) is 0 Å². The van der Waals surface area contributed by atoms with Crippen LogP contribution in [0.25, 0.3) is 0 Å². The first-order chi connectivity index (χ1) is 7.83. The minimum atomic E-state index is -4.31. The third-order valence-electron chi connectivity index (χ3n) is 2.31. The number of rotatable bonds is 4. The molecule has 0 aromatic heterocycles. The Morgan fingerprint density at radius 1 is 1.29 bits per heavy atom. The lowest BCUT2D eigenvalue weighted by atomic mass is 10.2. The summed E-state index contributed by atoms with van der Waals surface area (Å²) in [6, 6.07) is 3.81. The van der Waals surface area contributed by atoms with Crippen molar-refractivity contribution in [3.05, 3.63) is 29.6 Å². The zero-order chi connectivity index (χ0) is 13.1. The second-order valence-electron chi connectivity index (χ2n) is 3.67. The largest absolute Gasteiger partial charge is 0.505 e. The van der Waals surface area contributed by atoms with Crippen LogP contribution in [0.5, 0.6) is 5.75 Å². The van der Waals surface area contributed by atoms with Crippen LogP contribution in [0.15, 0.2) is 18.2 Å². The molecule has 0 bridgehead atoms. The third-order valence-corrected chi connectivity index (χ3v) is 2.31. The van der Waals surface area contributed by atoms with Crippen LogP contribution in [0, 0.1) is 5.82 Å². The van der Waals surface area contributed by atoms with E-state index in [1.54, 1.807) is 6.92 Å². The second-order valence-corrected chi connectivity index (χ2v) is 3.67. The summed E-state index contributed by atoms with van der Waals surface area (Å²) in [7, 11) is 0. The Labute approximate surface area is 96.5 Å². The zero-order valence-electron chi connectivity index (χ0n) is 9.26. The van der Waals surface area contributed by atoms with Gasteiger partial charge in [-0.05, 0) is 12.6 Å². The maximum absolute atomic E-state index is 13.0. The minimum Gasteiger partial charge on any atom is -0.505 e. The van der Waals surface area contributed by atoms with Gasteiger partial charge in [0.2, 0.25) is 0 Å². The van der Waals surface area contributed by atoms with Gasteiger partial charge in [-0.25, -0.2) is 4.39 Å². The lowest BCUT2D eigenvalue weighted by Gasteiger charge is -2.22. The van der Waals surface area contributed by atoms with E-state index in [1.165, 1.54) is 12.1 Å². The molecule has 0 aliphatic rings. The Balaban J connectivity index is 2.77. The number of nitrogens with zero attached hydrogens (tertiary/aromatic N) is 1. The molecular formula is C11H13F4NO. The van der Waals surface area contributed by atoms with Crippen LogP contribution in [0.2, 0.25) is 0 Å². The number of para-hydroxylation sites is 1. The summed E-state index contributed by atoms with van der Waals surface area (Å²) in [5, 5.41) is 9.36. The van der Waals surface area contributed by atoms with E-state index in [0.29, 0.717) is 0 Å². The molecule has 17 heavy (non-hydrogen) atoms. The van der Waals surface area contributed by atoms with E-state index < -0.39 is 24.3 Å². The number of alkyl halides is 3. The zero-order valence-corrected chi connectivity index (χ0v) is 9.26. The Morgan fingerprint density at radius 3 is 2.47 bits per heavy atom. The van der Waals surface area contributed by atoms with Gasteiger partial charge in [-0.1, -0.05) is 19.1 Å². The molecule has 1 aromatic carbocycles. The molecule has 1 N–H and O–H groups in total. The van der Waals surface area contributed by atoms with Gasteiger partial charge in [-0.15, -0.1) is 0 Å². The van der Waals surface area contributed by atoms with Crippen LogP contribution in [0.1, 0.15) is 12.5 Å². The summed E-state index contributed by atoms with van der Waals surface area (Å²) in [5.74, 6) is -1.42. The molecule has 1 aromatic rings. The van der Waals surface area contributed by atoms with E-state index in [9.17, 15) is 22.7 Å². The lowest BCUT2D eigenvalue weighted by molar-refractivity contribution is -0.146. The smallest absolute Gasteiger partial charge is 0.401 e. The normalized spacial score (nSPS) is 12.1. The predicted octanol–water partition coefficient (Wildman–Crippen LogP) is 2.92. The van der Waals surface area contributed by atoms with Gasteiger partial charge in [-0.3, -0.25) is 4.90 Å². The van der Waals surface area contributed by atoms with E-state index in [-0.39, 0.29) is 18.7 Å². The molecule has 0 saturated carbocycles. The number of halogens is 4. The molecule has 0 fully saturated rings. The topological polar surface area (TPSA) is 23.5 Å². The summed E-state index contributed by atoms with van der Waals surface area (Å²) in [5.41, 5.74) is 0.149. The monoisotopic (exact) mass is 251 g/mol. The van der Waals surface area contributed by atoms with E-state index in [2.05, 4.69) is 0 Å². The highest BCUT2D eigenvalue weighted by Crippen LogP contribution is 2.24. The first kappa shape index (κ1) is 13.8. The molecule has 0 aliphatic heterocycles. The molecule has 0 radical (unpaired) electrons. The molecule has 0 amide bonds. The predicted molar refractivity (Wildman–Crippen MR) is 55.1 cm³/mol. The van der Waals surface area contributed by atoms with Crippen molar-refractivity contribution < 1.29 is 22.7 Å². The van der Waals surface area contributed by atoms with E-state index >= 15 is 0 Å². The Hall–Kier alpha value is -1.30. The fourth-order valence-electron chi connectivity index (χ4n) is 1.46. The molecule has 0 heterocycles. The Morgan fingerprint density at radius 2 is 1.94 bits per heavy atom. The van der Waals surface area contributed by atoms with Crippen LogP contribution >= 0.6 is 0 Å². The van der Waals surface area contributed by atoms with Crippen LogP contribution in [-0.4, -0.2) is 29.3 Å². The molecule has 96 valence electrons. The van der Waals surface area contributed by atoms with Gasteiger partial charge in [0.15, 0.2) is 11.6 Å². The van der Waals surface area contributed by atoms with Gasteiger partial charge in [0, 0.05) is 12.1 Å². The highest BCUT2D eigenvalue weighted by atomic mass is 19.4. The molecule has 0 spiro atoms. The van der Waals surface area contributed by atoms with E-state index in [0.717, 1.165) is 11.0 Å². The van der Waals surface area contributed by atoms with Crippen molar-refractivity contribution >= 4 is 0 Å². The molecule has 0 unspecified atom stereocenters. The number of aromatic hydroxyl groups is 1. The fraction of sp³-hybridized carbons (Fsp3) is 0.455. The van der Waals surface area contributed by atoms with Crippen molar-refractivity contribution in [3.8, 4) is 5.75 Å². The molecule has 6 heteroatoms. The van der Waals surface area contributed by atoms with Crippen LogP contribution in [0.3, 0.4) is 0 Å². The first-order valence-corrected chi connectivity index (χ1v) is 5.09. The highest BCUT2D eigenvalue weighted by Gasteiger charge is 2.30. The second kappa shape index (κ2) is 5.35. The van der Waals surface area contributed by atoms with Crippen molar-refractivity contribution in [2.45, 2.75) is 19.6 Å². The number of hydrogen-bond donors (Lipinski definition) is 1. The lowest BCUT2D eigenvalue weighted by Crippen LogP contribution is -2.33. The Kier molecular flexibility index (Phi) is 4.34. The van der Waals surface area contributed by atoms with Crippen molar-refractivity contribution in [2.75, 3.05) is 13.1 Å². The fourth-order valence-corrected chi connectivity index (χ4v) is 1.46. The van der Waals surface area contributed by atoms with Gasteiger partial charge in [-0.2, -0.15) is 13.2 Å². The molecule has 2 nitrogen and oxygen atoms in total. The molecular weight excluding hydrogens is 238 g/mol. The van der Waals surface area contributed by atoms with Crippen molar-refractivity contribution in [1.82, 2.24) is 4.90 Å². The van der Waals surface area contributed by atoms with Crippen LogP contribution in [0.4, 0.5) is 17.6 Å². The number of phenols is 1. The van der Waals surface area contributed by atoms with Crippen molar-refractivity contribution in [1.29, 1.82) is 0 Å². The number of phenolic OH excluding ortho intramolecular Hbond substituents is 1. The van der Waals surface area contributed by atoms with Gasteiger partial charge in [0.1, 0.15) is 0 Å². The third kappa shape index (κ3) is 4.22. The van der Waals surface area contributed by atoms with Gasteiger partial charge < -0.3 is 5.11 Å². The van der Waals surface area contributed by atoms with Crippen LogP contribution < -0.4 is 0 Å². The average molecular weight is 251 g/mol. The number of hydrogen-bond acceptors (Lipinski definition) is 2. The number of benzene rings is 1. The minimum absolute atomic E-state index is 0.139. The SMILES string of the molecule is CCN(Cc1cccc(F)c1O)CC(F)(F)F. The maximum atomic E-state index is 13.0. The van der Waals surface area contributed by atoms with Gasteiger partial charge >= 0.3 is 6.18 Å². The average Bonchev–Trinajstić information content (AvgIpc) is 2.21. The summed E-state index contributed by atoms with van der Waals surface area (Å²) >= 11 is 0. The summed E-state index contributed by atoms with van der Waals surface area (Å²) in [6.45, 7) is 0.511. The summed E-state index contributed by atoms with van der Waals surface area (Å²) < 4.78 is 49.6. The maximum Gasteiger partial charge on any atom is 0.401 e. The van der Waals surface area contributed by atoms with E-state index in [1.807, 2.05) is 0 Å². The van der Waals surface area contributed by atoms with Crippen molar-refractivity contribution in [2.24, 2.45) is 0 Å². The molecule has 0 saturated heterocycles. The van der Waals surface area contributed by atoms with E-state index in [4.69, 9.17) is 0 Å². The first-order valence-electron chi connectivity index (χ1n) is 5.09. The molecule has 0 aliphatic carbocycles. The standard InChI is InChI=1S/C11H13F4NO/c1-2-16(7-11(13,14)15)6-8-4-3-5-9(12)10(8)17/h3-5,17H,2,6-7H2,1H3. The molecule has 1 rings (SSSR count).